The minimum absolute atomic E-state index is 0.0275. The van der Waals surface area contributed by atoms with E-state index in [0.29, 0.717) is 0 Å². The number of rotatable bonds is 5. The Morgan fingerprint density at radius 2 is 1.95 bits per heavy atom. The molecule has 0 saturated heterocycles. The molecule has 0 saturated carbocycles. The molecule has 118 valence electrons. The molecule has 0 aliphatic heterocycles. The Balaban J connectivity index is 3.72. The molecule has 9 heteroatoms. The van der Waals surface area contributed by atoms with Crippen molar-refractivity contribution in [3.05, 3.63) is 11.6 Å². The molecule has 8 nitrogen and oxygen atoms in total. The molecule has 0 unspecified atom stereocenters. The van der Waals surface area contributed by atoms with Gasteiger partial charge in [-0.05, 0) is 6.26 Å². The van der Waals surface area contributed by atoms with E-state index in [1.54, 1.807) is 12.4 Å². The largest absolute Gasteiger partial charge is 0.493 e. The highest BCUT2D eigenvalue weighted by Gasteiger charge is 2.24. The van der Waals surface area contributed by atoms with Gasteiger partial charge in [-0.1, -0.05) is 11.8 Å². The number of hydrogen-bond acceptors (Lipinski definition) is 7. The molecular weight excluding hydrogens is 310 g/mol. The summed E-state index contributed by atoms with van der Waals surface area (Å²) in [5.41, 5.74) is -0.111. The fourth-order valence-electron chi connectivity index (χ4n) is 1.69. The summed E-state index contributed by atoms with van der Waals surface area (Å²) in [6.07, 6.45) is 3.42. The maximum Gasteiger partial charge on any atom is 0.338 e. The molecule has 0 radical (unpaired) electrons. The number of amidine groups is 1. The lowest BCUT2D eigenvalue weighted by Crippen LogP contribution is -2.13. The molecule has 2 N–H and O–H groups in total. The third-order valence-corrected chi connectivity index (χ3v) is 3.18. The van der Waals surface area contributed by atoms with Crippen molar-refractivity contribution < 1.29 is 24.1 Å². The van der Waals surface area contributed by atoms with E-state index in [-0.39, 0.29) is 33.7 Å². The SMILES string of the molecule is COc1cc(C(=O)O)c(N=C(NC#N)SC)c(OC)c1OC. The van der Waals surface area contributed by atoms with Crippen molar-refractivity contribution in [3.63, 3.8) is 0 Å². The highest BCUT2D eigenvalue weighted by molar-refractivity contribution is 8.13. The van der Waals surface area contributed by atoms with Gasteiger partial charge in [-0.25, -0.2) is 9.79 Å². The number of carbonyl (C=O) groups is 1. The van der Waals surface area contributed by atoms with Gasteiger partial charge in [-0.2, -0.15) is 5.26 Å². The number of nitriles is 1. The highest BCUT2D eigenvalue weighted by Crippen LogP contribution is 2.46. The fourth-order valence-corrected chi connectivity index (χ4v) is 2.02. The van der Waals surface area contributed by atoms with Crippen molar-refractivity contribution in [2.24, 2.45) is 4.99 Å². The summed E-state index contributed by atoms with van der Waals surface area (Å²) >= 11 is 1.15. The summed E-state index contributed by atoms with van der Waals surface area (Å²) in [5, 5.41) is 20.6. The number of aromatic carboxylic acids is 1. The van der Waals surface area contributed by atoms with Gasteiger partial charge in [0.15, 0.2) is 22.9 Å². The van der Waals surface area contributed by atoms with Gasteiger partial charge in [0, 0.05) is 6.07 Å². The van der Waals surface area contributed by atoms with E-state index in [1.165, 1.54) is 27.4 Å². The zero-order valence-electron chi connectivity index (χ0n) is 12.5. The van der Waals surface area contributed by atoms with Gasteiger partial charge in [0.05, 0.1) is 26.9 Å². The molecule has 0 aromatic heterocycles. The van der Waals surface area contributed by atoms with E-state index in [4.69, 9.17) is 19.5 Å². The lowest BCUT2D eigenvalue weighted by atomic mass is 10.1. The summed E-state index contributed by atoms with van der Waals surface area (Å²) in [6.45, 7) is 0. The number of nitrogens with one attached hydrogen (secondary N) is 1. The third kappa shape index (κ3) is 3.53. The molecule has 1 aromatic rings. The zero-order valence-corrected chi connectivity index (χ0v) is 13.3. The van der Waals surface area contributed by atoms with Gasteiger partial charge in [-0.3, -0.25) is 5.32 Å². The molecular formula is C13H15N3O5S. The van der Waals surface area contributed by atoms with Crippen molar-refractivity contribution in [1.29, 1.82) is 5.26 Å². The first-order valence-electron chi connectivity index (χ1n) is 5.88. The van der Waals surface area contributed by atoms with E-state index < -0.39 is 5.97 Å². The number of methoxy groups -OCH3 is 3. The van der Waals surface area contributed by atoms with Crippen LogP contribution < -0.4 is 19.5 Å². The molecule has 0 amide bonds. The highest BCUT2D eigenvalue weighted by atomic mass is 32.2. The van der Waals surface area contributed by atoms with Gasteiger partial charge < -0.3 is 19.3 Å². The fraction of sp³-hybridized carbons (Fsp3) is 0.308. The number of aliphatic imine (C=N–C) groups is 1. The Morgan fingerprint density at radius 1 is 1.32 bits per heavy atom. The monoisotopic (exact) mass is 325 g/mol. The second kappa shape index (κ2) is 7.99. The van der Waals surface area contributed by atoms with Crippen LogP contribution in [0.15, 0.2) is 11.1 Å². The summed E-state index contributed by atoms with van der Waals surface area (Å²) in [7, 11) is 4.15. The first-order chi connectivity index (χ1) is 10.5. The van der Waals surface area contributed by atoms with E-state index in [2.05, 4.69) is 10.3 Å². The average molecular weight is 325 g/mol. The third-order valence-electron chi connectivity index (χ3n) is 2.60. The van der Waals surface area contributed by atoms with Crippen LogP contribution in [0, 0.1) is 11.5 Å². The smallest absolute Gasteiger partial charge is 0.338 e. The maximum atomic E-state index is 11.5. The average Bonchev–Trinajstić information content (AvgIpc) is 2.52. The zero-order chi connectivity index (χ0) is 16.7. The summed E-state index contributed by atoms with van der Waals surface area (Å²) < 4.78 is 15.5. The van der Waals surface area contributed by atoms with E-state index in [0.717, 1.165) is 11.8 Å². The Kier molecular flexibility index (Phi) is 6.34. The van der Waals surface area contributed by atoms with Crippen LogP contribution in [0.3, 0.4) is 0 Å². The number of carboxylic acid groups (broad SMARTS) is 1. The summed E-state index contributed by atoms with van der Waals surface area (Å²) in [4.78, 5) is 15.6. The second-order valence-corrected chi connectivity index (χ2v) is 4.50. The molecule has 0 atom stereocenters. The lowest BCUT2D eigenvalue weighted by molar-refractivity contribution is 0.0697. The first kappa shape index (κ1) is 17.5. The minimum atomic E-state index is -1.21. The molecule has 22 heavy (non-hydrogen) atoms. The van der Waals surface area contributed by atoms with Gasteiger partial charge in [0.1, 0.15) is 5.69 Å². The predicted octanol–water partition coefficient (Wildman–Crippen LogP) is 1.83. The van der Waals surface area contributed by atoms with Gasteiger partial charge in [0.25, 0.3) is 0 Å². The minimum Gasteiger partial charge on any atom is -0.493 e. The summed E-state index contributed by atoms with van der Waals surface area (Å²) in [5.74, 6) is -0.693. The Hall–Kier alpha value is -2.60. The molecule has 1 rings (SSSR count). The first-order valence-corrected chi connectivity index (χ1v) is 7.10. The maximum absolute atomic E-state index is 11.5. The lowest BCUT2D eigenvalue weighted by Gasteiger charge is -2.16. The molecule has 0 bridgehead atoms. The van der Waals surface area contributed by atoms with Crippen LogP contribution in [0.5, 0.6) is 17.2 Å². The normalized spacial score (nSPS) is 10.6. The van der Waals surface area contributed by atoms with Crippen LogP contribution in [0.4, 0.5) is 5.69 Å². The van der Waals surface area contributed by atoms with Gasteiger partial charge >= 0.3 is 5.97 Å². The van der Waals surface area contributed by atoms with Crippen molar-refractivity contribution in [3.8, 4) is 23.4 Å². The Morgan fingerprint density at radius 3 is 2.36 bits per heavy atom. The molecule has 0 aliphatic rings. The van der Waals surface area contributed by atoms with Crippen LogP contribution in [-0.4, -0.2) is 43.8 Å². The van der Waals surface area contributed by atoms with Crippen molar-refractivity contribution >= 4 is 28.6 Å². The molecule has 0 fully saturated rings. The molecule has 1 aromatic carbocycles. The number of carboxylic acids is 1. The van der Waals surface area contributed by atoms with E-state index in [9.17, 15) is 9.90 Å². The standard InChI is InChI=1S/C13H15N3O5S/c1-19-8-5-7(12(17)18)9(11(21-3)10(8)20-2)16-13(22-4)15-6-14/h5H,1-4H3,(H,15,16)(H,17,18). The number of hydrogen-bond donors (Lipinski definition) is 2. The molecule has 0 heterocycles. The number of ether oxygens (including phenoxy) is 3. The quantitative estimate of drug-likeness (QED) is 0.365. The number of nitrogens with zero attached hydrogens (tertiary/aromatic N) is 2. The summed E-state index contributed by atoms with van der Waals surface area (Å²) in [6, 6.07) is 1.28. The van der Waals surface area contributed by atoms with Crippen LogP contribution in [0.2, 0.25) is 0 Å². The Labute approximate surface area is 131 Å². The van der Waals surface area contributed by atoms with Crippen molar-refractivity contribution in [2.45, 2.75) is 0 Å². The van der Waals surface area contributed by atoms with Gasteiger partial charge in [-0.15, -0.1) is 0 Å². The van der Waals surface area contributed by atoms with Crippen LogP contribution >= 0.6 is 11.8 Å². The van der Waals surface area contributed by atoms with Crippen LogP contribution in [0.1, 0.15) is 10.4 Å². The van der Waals surface area contributed by atoms with Crippen LogP contribution in [0.25, 0.3) is 0 Å². The van der Waals surface area contributed by atoms with E-state index >= 15 is 0 Å². The van der Waals surface area contributed by atoms with E-state index in [1.807, 2.05) is 0 Å². The predicted molar refractivity (Wildman–Crippen MR) is 82.4 cm³/mol. The Bertz CT molecular complexity index is 640. The van der Waals surface area contributed by atoms with Gasteiger partial charge in [0.2, 0.25) is 5.75 Å². The molecule has 0 aliphatic carbocycles. The number of benzene rings is 1. The van der Waals surface area contributed by atoms with Crippen molar-refractivity contribution in [1.82, 2.24) is 5.32 Å². The van der Waals surface area contributed by atoms with Crippen LogP contribution in [-0.2, 0) is 0 Å². The molecule has 0 spiro atoms. The second-order valence-electron chi connectivity index (χ2n) is 3.70. The van der Waals surface area contributed by atoms with Crippen molar-refractivity contribution in [2.75, 3.05) is 27.6 Å². The topological polar surface area (TPSA) is 113 Å². The number of thioether (sulfide) groups is 1.